The number of unbranched alkanes of at least 4 members (excludes halogenated alkanes) is 1. The maximum atomic E-state index is 12.5. The van der Waals surface area contributed by atoms with Gasteiger partial charge in [0.25, 0.3) is 0 Å². The van der Waals surface area contributed by atoms with Crippen molar-refractivity contribution >= 4 is 23.7 Å². The van der Waals surface area contributed by atoms with Crippen molar-refractivity contribution in [1.82, 2.24) is 16.0 Å². The molecule has 150 valence electrons. The smallest absolute Gasteiger partial charge is 0.322 e. The first-order chi connectivity index (χ1) is 12.2. The fourth-order valence-corrected chi connectivity index (χ4v) is 2.28. The first-order valence-corrected chi connectivity index (χ1v) is 8.70. The molecule has 0 saturated heterocycles. The number of carboxylic acid groups (broad SMARTS) is 1. The fourth-order valence-electron chi connectivity index (χ4n) is 2.28. The van der Waals surface area contributed by atoms with Crippen molar-refractivity contribution in [2.45, 2.75) is 51.6 Å². The maximum Gasteiger partial charge on any atom is 0.322 e. The normalized spacial score (nSPS) is 13.0. The SMILES string of the molecule is CC(C)CC(NC(=O)CN)C(=O)NC(CCCCN)C(=O)NCC(=O)O. The van der Waals surface area contributed by atoms with Crippen molar-refractivity contribution in [3.8, 4) is 0 Å². The minimum Gasteiger partial charge on any atom is -0.480 e. The highest BCUT2D eigenvalue weighted by Crippen LogP contribution is 2.07. The van der Waals surface area contributed by atoms with E-state index in [1.165, 1.54) is 0 Å². The van der Waals surface area contributed by atoms with Crippen LogP contribution in [0.5, 0.6) is 0 Å². The summed E-state index contributed by atoms with van der Waals surface area (Å²) in [6.45, 7) is 3.45. The average Bonchev–Trinajstić information content (AvgIpc) is 2.57. The summed E-state index contributed by atoms with van der Waals surface area (Å²) in [6.07, 6.45) is 1.95. The number of carbonyl (C=O) groups excluding carboxylic acids is 3. The van der Waals surface area contributed by atoms with Crippen LogP contribution >= 0.6 is 0 Å². The van der Waals surface area contributed by atoms with Crippen LogP contribution in [0.1, 0.15) is 39.5 Å². The lowest BCUT2D eigenvalue weighted by atomic mass is 10.0. The summed E-state index contributed by atoms with van der Waals surface area (Å²) >= 11 is 0. The predicted molar refractivity (Wildman–Crippen MR) is 95.9 cm³/mol. The predicted octanol–water partition coefficient (Wildman–Crippen LogP) is -1.71. The molecule has 3 amide bonds. The van der Waals surface area contributed by atoms with Gasteiger partial charge in [-0.2, -0.15) is 0 Å². The Morgan fingerprint density at radius 1 is 0.962 bits per heavy atom. The van der Waals surface area contributed by atoms with Gasteiger partial charge in [0.1, 0.15) is 18.6 Å². The first-order valence-electron chi connectivity index (χ1n) is 8.70. The quantitative estimate of drug-likeness (QED) is 0.208. The van der Waals surface area contributed by atoms with E-state index in [1.807, 2.05) is 13.8 Å². The van der Waals surface area contributed by atoms with E-state index in [9.17, 15) is 19.2 Å². The molecule has 26 heavy (non-hydrogen) atoms. The molecule has 0 spiro atoms. The van der Waals surface area contributed by atoms with Gasteiger partial charge in [-0.05, 0) is 38.1 Å². The van der Waals surface area contributed by atoms with E-state index >= 15 is 0 Å². The van der Waals surface area contributed by atoms with Gasteiger partial charge < -0.3 is 32.5 Å². The molecule has 0 rings (SSSR count). The molecule has 0 radical (unpaired) electrons. The van der Waals surface area contributed by atoms with Crippen LogP contribution in [-0.4, -0.2) is 60.5 Å². The van der Waals surface area contributed by atoms with Crippen LogP contribution in [0.3, 0.4) is 0 Å². The van der Waals surface area contributed by atoms with Crippen molar-refractivity contribution in [3.05, 3.63) is 0 Å². The zero-order valence-corrected chi connectivity index (χ0v) is 15.4. The maximum absolute atomic E-state index is 12.5. The highest BCUT2D eigenvalue weighted by molar-refractivity contribution is 5.93. The second-order valence-electron chi connectivity index (χ2n) is 6.41. The molecule has 0 bridgehead atoms. The third-order valence-corrected chi connectivity index (χ3v) is 3.54. The van der Waals surface area contributed by atoms with Crippen LogP contribution in [0.15, 0.2) is 0 Å². The molecule has 0 aromatic heterocycles. The molecule has 0 aromatic carbocycles. The first kappa shape index (κ1) is 23.8. The van der Waals surface area contributed by atoms with Gasteiger partial charge in [-0.1, -0.05) is 13.8 Å². The van der Waals surface area contributed by atoms with E-state index in [0.717, 1.165) is 0 Å². The molecule has 8 N–H and O–H groups in total. The molecule has 0 aliphatic carbocycles. The monoisotopic (exact) mass is 373 g/mol. The van der Waals surface area contributed by atoms with Crippen LogP contribution < -0.4 is 27.4 Å². The second-order valence-corrected chi connectivity index (χ2v) is 6.41. The van der Waals surface area contributed by atoms with Gasteiger partial charge >= 0.3 is 5.97 Å². The Morgan fingerprint density at radius 3 is 2.12 bits per heavy atom. The Hall–Kier alpha value is -2.20. The zero-order valence-electron chi connectivity index (χ0n) is 15.4. The van der Waals surface area contributed by atoms with Crippen molar-refractivity contribution in [1.29, 1.82) is 0 Å². The number of aliphatic carboxylic acids is 1. The summed E-state index contributed by atoms with van der Waals surface area (Å²) in [7, 11) is 0. The van der Waals surface area contributed by atoms with Gasteiger partial charge in [0.2, 0.25) is 17.7 Å². The summed E-state index contributed by atoms with van der Waals surface area (Å²) in [5.74, 6) is -2.63. The highest BCUT2D eigenvalue weighted by atomic mass is 16.4. The fraction of sp³-hybridized carbons (Fsp3) is 0.750. The van der Waals surface area contributed by atoms with Crippen LogP contribution in [0, 0.1) is 5.92 Å². The van der Waals surface area contributed by atoms with E-state index < -0.39 is 42.3 Å². The van der Waals surface area contributed by atoms with Gasteiger partial charge in [-0.3, -0.25) is 19.2 Å². The Bertz CT molecular complexity index is 484. The molecule has 0 fully saturated rings. The summed E-state index contributed by atoms with van der Waals surface area (Å²) in [6, 6.07) is -1.73. The van der Waals surface area contributed by atoms with Crippen LogP contribution in [0.2, 0.25) is 0 Å². The minimum absolute atomic E-state index is 0.125. The topological polar surface area (TPSA) is 177 Å². The Labute approximate surface area is 153 Å². The number of carbonyl (C=O) groups is 4. The molecular formula is C16H31N5O5. The van der Waals surface area contributed by atoms with E-state index in [0.29, 0.717) is 32.2 Å². The van der Waals surface area contributed by atoms with Crippen LogP contribution in [-0.2, 0) is 19.2 Å². The summed E-state index contributed by atoms with van der Waals surface area (Å²) in [4.78, 5) is 46.9. The summed E-state index contributed by atoms with van der Waals surface area (Å²) in [5.41, 5.74) is 10.7. The number of hydrogen-bond donors (Lipinski definition) is 6. The molecule has 2 atom stereocenters. The molecule has 0 saturated carbocycles. The van der Waals surface area contributed by atoms with Crippen molar-refractivity contribution in [3.63, 3.8) is 0 Å². The lowest BCUT2D eigenvalue weighted by Crippen LogP contribution is -2.55. The standard InChI is InChI=1S/C16H31N5O5/c1-10(2)7-12(20-13(22)8-18)16(26)21-11(5-3-4-6-17)15(25)19-9-14(23)24/h10-12H,3-9,17-18H2,1-2H3,(H,19,25)(H,20,22)(H,21,26)(H,23,24). The van der Waals surface area contributed by atoms with Crippen molar-refractivity contribution in [2.24, 2.45) is 17.4 Å². The third-order valence-electron chi connectivity index (χ3n) is 3.54. The average molecular weight is 373 g/mol. The van der Waals surface area contributed by atoms with Crippen molar-refractivity contribution in [2.75, 3.05) is 19.6 Å². The molecular weight excluding hydrogens is 342 g/mol. The van der Waals surface area contributed by atoms with E-state index in [-0.39, 0.29) is 12.5 Å². The number of nitrogens with one attached hydrogen (secondary N) is 3. The Kier molecular flexibility index (Phi) is 12.0. The number of rotatable bonds is 13. The van der Waals surface area contributed by atoms with E-state index in [1.54, 1.807) is 0 Å². The highest BCUT2D eigenvalue weighted by Gasteiger charge is 2.27. The number of carboxylic acids is 1. The lowest BCUT2D eigenvalue weighted by molar-refractivity contribution is -0.138. The molecule has 10 heteroatoms. The molecule has 0 heterocycles. The van der Waals surface area contributed by atoms with E-state index in [2.05, 4.69) is 16.0 Å². The Morgan fingerprint density at radius 2 is 1.62 bits per heavy atom. The molecule has 0 aliphatic rings. The molecule has 0 aliphatic heterocycles. The number of hydrogen-bond acceptors (Lipinski definition) is 6. The van der Waals surface area contributed by atoms with Crippen LogP contribution in [0.4, 0.5) is 0 Å². The van der Waals surface area contributed by atoms with E-state index in [4.69, 9.17) is 16.6 Å². The molecule has 2 unspecified atom stereocenters. The largest absolute Gasteiger partial charge is 0.480 e. The minimum atomic E-state index is -1.18. The summed E-state index contributed by atoms with van der Waals surface area (Å²) in [5, 5.41) is 16.1. The van der Waals surface area contributed by atoms with Gasteiger partial charge in [0.15, 0.2) is 0 Å². The second kappa shape index (κ2) is 13.1. The van der Waals surface area contributed by atoms with Gasteiger partial charge in [-0.15, -0.1) is 0 Å². The third kappa shape index (κ3) is 10.6. The molecule has 10 nitrogen and oxygen atoms in total. The lowest BCUT2D eigenvalue weighted by Gasteiger charge is -2.24. The van der Waals surface area contributed by atoms with Crippen molar-refractivity contribution < 1.29 is 24.3 Å². The van der Waals surface area contributed by atoms with Gasteiger partial charge in [-0.25, -0.2) is 0 Å². The Balaban J connectivity index is 5.02. The summed E-state index contributed by atoms with van der Waals surface area (Å²) < 4.78 is 0. The van der Waals surface area contributed by atoms with Crippen LogP contribution in [0.25, 0.3) is 0 Å². The van der Waals surface area contributed by atoms with Gasteiger partial charge in [0.05, 0.1) is 6.54 Å². The number of amides is 3. The van der Waals surface area contributed by atoms with Gasteiger partial charge in [0, 0.05) is 0 Å². The number of nitrogens with two attached hydrogens (primary N) is 2. The molecule has 0 aromatic rings. The zero-order chi connectivity index (χ0) is 20.1.